The minimum absolute atomic E-state index is 0.0103. The van der Waals surface area contributed by atoms with E-state index in [1.165, 1.54) is 5.57 Å². The Labute approximate surface area is 287 Å². The van der Waals surface area contributed by atoms with E-state index >= 15 is 0 Å². The zero-order chi connectivity index (χ0) is 35.1. The molecular formula is C39H72O4Si3. The lowest BCUT2D eigenvalue weighted by Crippen LogP contribution is -2.58. The van der Waals surface area contributed by atoms with Crippen LogP contribution in [0.2, 0.25) is 54.4 Å². The van der Waals surface area contributed by atoms with Crippen molar-refractivity contribution in [2.45, 2.75) is 181 Å². The highest BCUT2D eigenvalue weighted by Crippen LogP contribution is 2.66. The van der Waals surface area contributed by atoms with Gasteiger partial charge >= 0.3 is 0 Å². The highest BCUT2D eigenvalue weighted by molar-refractivity contribution is 6.75. The second kappa shape index (κ2) is 12.2. The summed E-state index contributed by atoms with van der Waals surface area (Å²) in [5.41, 5.74) is 3.11. The van der Waals surface area contributed by atoms with E-state index in [4.69, 9.17) is 13.3 Å². The molecule has 0 aromatic carbocycles. The number of allylic oxidation sites excluding steroid dienone is 3. The van der Waals surface area contributed by atoms with E-state index in [1.807, 2.05) is 0 Å². The first-order chi connectivity index (χ1) is 20.6. The molecule has 0 saturated heterocycles. The van der Waals surface area contributed by atoms with Crippen molar-refractivity contribution in [1.82, 2.24) is 0 Å². The Morgan fingerprint density at radius 3 is 1.85 bits per heavy atom. The second-order valence-corrected chi connectivity index (χ2v) is 35.1. The maximum absolute atomic E-state index is 13.9. The van der Waals surface area contributed by atoms with E-state index in [2.05, 4.69) is 128 Å². The Balaban J connectivity index is 1.66. The van der Waals surface area contributed by atoms with Gasteiger partial charge in [-0.05, 0) is 110 Å². The van der Waals surface area contributed by atoms with Gasteiger partial charge in [0.1, 0.15) is 0 Å². The molecule has 0 unspecified atom stereocenters. The van der Waals surface area contributed by atoms with Gasteiger partial charge in [-0.2, -0.15) is 0 Å². The van der Waals surface area contributed by atoms with Gasteiger partial charge in [0.25, 0.3) is 0 Å². The largest absolute Gasteiger partial charge is 0.414 e. The Bertz CT molecular complexity index is 1230. The Morgan fingerprint density at radius 2 is 1.30 bits per heavy atom. The van der Waals surface area contributed by atoms with Gasteiger partial charge in [0.05, 0.1) is 18.8 Å². The summed E-state index contributed by atoms with van der Waals surface area (Å²) in [6.45, 7) is 40.4. The van der Waals surface area contributed by atoms with Crippen LogP contribution in [0.5, 0.6) is 0 Å². The Kier molecular flexibility index (Phi) is 10.2. The molecule has 0 aromatic heterocycles. The standard InChI is InChI=1S/C39H72O4Si3/c1-35(2,3)44(12,13)41-26-33(40)32-21-20-30-29-19-18-27-24-28(42-45(14,15)36(4,5)6)25-34(43-46(16,17)37(7,8)9)39(27,11)31(29)22-23-38(30,32)10/h18-19,28,30-32,34H,20-26H2,1-17H3/t28-,30+,31+,32-,34+,38+,39+/m1/s1. The van der Waals surface area contributed by atoms with Crippen molar-refractivity contribution in [3.8, 4) is 0 Å². The summed E-state index contributed by atoms with van der Waals surface area (Å²) in [6, 6.07) is 0. The van der Waals surface area contributed by atoms with Crippen molar-refractivity contribution in [3.63, 3.8) is 0 Å². The maximum Gasteiger partial charge on any atom is 0.192 e. The second-order valence-electron chi connectivity index (χ2n) is 20.7. The topological polar surface area (TPSA) is 44.8 Å². The number of hydrogen-bond donors (Lipinski definition) is 0. The van der Waals surface area contributed by atoms with Crippen LogP contribution in [0.25, 0.3) is 0 Å². The lowest BCUT2D eigenvalue weighted by Gasteiger charge is -2.59. The average Bonchev–Trinajstić information content (AvgIpc) is 3.23. The van der Waals surface area contributed by atoms with Gasteiger partial charge < -0.3 is 13.3 Å². The summed E-state index contributed by atoms with van der Waals surface area (Å²) >= 11 is 0. The molecule has 0 bridgehead atoms. The van der Waals surface area contributed by atoms with Gasteiger partial charge in [-0.1, -0.05) is 99.5 Å². The third-order valence-electron chi connectivity index (χ3n) is 14.9. The fourth-order valence-electron chi connectivity index (χ4n) is 8.49. The summed E-state index contributed by atoms with van der Waals surface area (Å²) < 4.78 is 21.2. The predicted molar refractivity (Wildman–Crippen MR) is 203 cm³/mol. The highest BCUT2D eigenvalue weighted by Gasteiger charge is 2.61. The molecule has 3 saturated carbocycles. The molecule has 0 radical (unpaired) electrons. The van der Waals surface area contributed by atoms with Crippen LogP contribution in [0.3, 0.4) is 0 Å². The quantitative estimate of drug-likeness (QED) is 0.238. The van der Waals surface area contributed by atoms with Crippen LogP contribution < -0.4 is 0 Å². The summed E-state index contributed by atoms with van der Waals surface area (Å²) in [5.74, 6) is 1.36. The molecule has 7 heteroatoms. The van der Waals surface area contributed by atoms with E-state index in [1.54, 1.807) is 5.57 Å². The molecule has 0 aromatic rings. The number of ketones is 1. The lowest BCUT2D eigenvalue weighted by atomic mass is 9.49. The van der Waals surface area contributed by atoms with Crippen molar-refractivity contribution in [3.05, 3.63) is 23.3 Å². The average molecular weight is 689 g/mol. The molecule has 4 aliphatic rings. The molecule has 3 fully saturated rings. The minimum Gasteiger partial charge on any atom is -0.414 e. The van der Waals surface area contributed by atoms with Gasteiger partial charge in [-0.15, -0.1) is 0 Å². The van der Waals surface area contributed by atoms with Crippen LogP contribution in [0, 0.1) is 28.6 Å². The van der Waals surface area contributed by atoms with Crippen LogP contribution in [0.4, 0.5) is 0 Å². The molecule has 0 N–H and O–H groups in total. The van der Waals surface area contributed by atoms with Gasteiger partial charge in [0.2, 0.25) is 0 Å². The van der Waals surface area contributed by atoms with Crippen molar-refractivity contribution in [1.29, 1.82) is 0 Å². The van der Waals surface area contributed by atoms with E-state index in [0.717, 1.165) is 38.5 Å². The third kappa shape index (κ3) is 6.74. The van der Waals surface area contributed by atoms with Crippen LogP contribution in [-0.4, -0.2) is 49.6 Å². The van der Waals surface area contributed by atoms with Gasteiger partial charge in [0, 0.05) is 11.3 Å². The van der Waals surface area contributed by atoms with E-state index < -0.39 is 25.0 Å². The van der Waals surface area contributed by atoms with Gasteiger partial charge in [-0.3, -0.25) is 4.79 Å². The van der Waals surface area contributed by atoms with Gasteiger partial charge in [0.15, 0.2) is 30.7 Å². The molecule has 0 aliphatic heterocycles. The van der Waals surface area contributed by atoms with Crippen LogP contribution in [0.15, 0.2) is 23.3 Å². The smallest absolute Gasteiger partial charge is 0.192 e. The third-order valence-corrected chi connectivity index (χ3v) is 28.4. The van der Waals surface area contributed by atoms with Crippen LogP contribution in [0.1, 0.15) is 115 Å². The molecule has 4 aliphatic carbocycles. The molecule has 264 valence electrons. The molecular weight excluding hydrogens is 617 g/mol. The van der Waals surface area contributed by atoms with Gasteiger partial charge in [-0.25, -0.2) is 0 Å². The number of hydrogen-bond acceptors (Lipinski definition) is 4. The fraction of sp³-hybridized carbons (Fsp3) is 0.872. The van der Waals surface area contributed by atoms with E-state index in [9.17, 15) is 4.79 Å². The monoisotopic (exact) mass is 688 g/mol. The van der Waals surface area contributed by atoms with E-state index in [0.29, 0.717) is 17.6 Å². The molecule has 46 heavy (non-hydrogen) atoms. The lowest BCUT2D eigenvalue weighted by molar-refractivity contribution is -0.129. The molecule has 4 nitrogen and oxygen atoms in total. The first-order valence-electron chi connectivity index (χ1n) is 18.5. The maximum atomic E-state index is 13.9. The molecule has 0 amide bonds. The normalized spacial score (nSPS) is 34.3. The van der Waals surface area contributed by atoms with Crippen molar-refractivity contribution >= 4 is 30.7 Å². The highest BCUT2D eigenvalue weighted by atomic mass is 28.4. The van der Waals surface area contributed by atoms with Crippen LogP contribution in [-0.2, 0) is 18.1 Å². The first-order valence-corrected chi connectivity index (χ1v) is 27.2. The number of fused-ring (bicyclic) bond motifs is 5. The Hall–Kier alpha value is -0.319. The van der Waals surface area contributed by atoms with Crippen molar-refractivity contribution in [2.75, 3.05) is 6.61 Å². The number of carbonyl (C=O) groups excluding carboxylic acids is 1. The first kappa shape index (κ1) is 38.5. The van der Waals surface area contributed by atoms with E-state index in [-0.39, 0.29) is 50.7 Å². The zero-order valence-corrected chi connectivity index (χ0v) is 36.1. The summed E-state index contributed by atoms with van der Waals surface area (Å²) in [4.78, 5) is 13.9. The predicted octanol–water partition coefficient (Wildman–Crippen LogP) is 11.5. The van der Waals surface area contributed by atoms with Crippen molar-refractivity contribution in [2.24, 2.45) is 28.6 Å². The van der Waals surface area contributed by atoms with Crippen LogP contribution >= 0.6 is 0 Å². The Morgan fingerprint density at radius 1 is 0.761 bits per heavy atom. The number of Topliss-reactive ketones (excluding diaryl/α,β-unsaturated/α-hetero) is 1. The summed E-state index contributed by atoms with van der Waals surface area (Å²) in [7, 11) is -5.96. The summed E-state index contributed by atoms with van der Waals surface area (Å²) in [5, 5.41) is 0.430. The molecule has 0 spiro atoms. The fourth-order valence-corrected chi connectivity index (χ4v) is 12.2. The summed E-state index contributed by atoms with van der Waals surface area (Å²) in [6.07, 6.45) is 11.6. The van der Waals surface area contributed by atoms with Crippen molar-refractivity contribution < 1.29 is 18.1 Å². The number of rotatable bonds is 8. The molecule has 7 atom stereocenters. The minimum atomic E-state index is -2.05. The molecule has 0 heterocycles. The molecule has 4 rings (SSSR count). The SMILES string of the molecule is CC(C)(C)[Si](C)(C)OCC(=O)[C@H]1CC[C@H]2C3=CC=C4C[C@@H](O[Si](C)(C)C(C)(C)C)C[C@H](O[Si](C)(C)C(C)(C)C)[C@]4(C)[C@H]3CC[C@]12C. The number of carbonyl (C=O) groups is 1. The zero-order valence-electron chi connectivity index (χ0n) is 33.1.